The Morgan fingerprint density at radius 3 is 2.60 bits per heavy atom. The summed E-state index contributed by atoms with van der Waals surface area (Å²) in [6.07, 6.45) is 0.661. The van der Waals surface area contributed by atoms with Gasteiger partial charge in [-0.05, 0) is 37.1 Å². The summed E-state index contributed by atoms with van der Waals surface area (Å²) in [7, 11) is 0. The zero-order valence-electron chi connectivity index (χ0n) is 14.2. The van der Waals surface area contributed by atoms with Crippen molar-refractivity contribution in [3.05, 3.63) is 29.3 Å². The molecular formula is C18H22N4O3. The topological polar surface area (TPSA) is 81.8 Å². The molecule has 0 spiro atoms. The first-order valence-corrected chi connectivity index (χ1v) is 8.82. The molecule has 3 amide bonds. The fourth-order valence-electron chi connectivity index (χ4n) is 4.03. The van der Waals surface area contributed by atoms with Crippen LogP contribution in [0.3, 0.4) is 0 Å². The number of nitrogens with zero attached hydrogens (tertiary/aromatic N) is 2. The first kappa shape index (κ1) is 16.1. The lowest BCUT2D eigenvalue weighted by Crippen LogP contribution is -2.53. The summed E-state index contributed by atoms with van der Waals surface area (Å²) in [5.74, 6) is -0.755. The van der Waals surface area contributed by atoms with Crippen LogP contribution in [0.1, 0.15) is 41.7 Å². The van der Waals surface area contributed by atoms with E-state index in [4.69, 9.17) is 0 Å². The molecule has 25 heavy (non-hydrogen) atoms. The van der Waals surface area contributed by atoms with Gasteiger partial charge in [0, 0.05) is 43.9 Å². The van der Waals surface area contributed by atoms with Gasteiger partial charge in [-0.25, -0.2) is 0 Å². The van der Waals surface area contributed by atoms with Gasteiger partial charge in [0.25, 0.3) is 5.91 Å². The summed E-state index contributed by atoms with van der Waals surface area (Å²) in [5, 5.41) is 5.69. The molecule has 4 rings (SSSR count). The van der Waals surface area contributed by atoms with Gasteiger partial charge < -0.3 is 15.1 Å². The first-order valence-electron chi connectivity index (χ1n) is 8.82. The highest BCUT2D eigenvalue weighted by Gasteiger charge is 2.43. The van der Waals surface area contributed by atoms with Crippen molar-refractivity contribution in [2.75, 3.05) is 31.1 Å². The van der Waals surface area contributed by atoms with E-state index in [0.29, 0.717) is 12.0 Å². The standard InChI is InChI=1S/C18H22N4O3/c1-11-14-10-12(21-8-6-19-7-9-21)2-3-13(14)18(25)22(11)15-4-5-16(23)20-17(15)24/h2-3,10-11,15,19H,4-9H2,1H3,(H,20,23,24). The lowest BCUT2D eigenvalue weighted by molar-refractivity contribution is -0.137. The van der Waals surface area contributed by atoms with Crippen LogP contribution in [0.2, 0.25) is 0 Å². The van der Waals surface area contributed by atoms with Gasteiger partial charge in [0.1, 0.15) is 6.04 Å². The lowest BCUT2D eigenvalue weighted by Gasteiger charge is -2.33. The van der Waals surface area contributed by atoms with Crippen LogP contribution in [0, 0.1) is 0 Å². The Kier molecular flexibility index (Phi) is 3.95. The molecule has 0 aromatic heterocycles. The van der Waals surface area contributed by atoms with Crippen molar-refractivity contribution < 1.29 is 14.4 Å². The summed E-state index contributed by atoms with van der Waals surface area (Å²) in [5.41, 5.74) is 2.74. The number of rotatable bonds is 2. The van der Waals surface area contributed by atoms with Gasteiger partial charge >= 0.3 is 0 Å². The molecule has 0 saturated carbocycles. The second-order valence-electron chi connectivity index (χ2n) is 6.86. The van der Waals surface area contributed by atoms with Crippen molar-refractivity contribution in [2.24, 2.45) is 0 Å². The molecule has 1 aromatic rings. The van der Waals surface area contributed by atoms with Crippen molar-refractivity contribution in [2.45, 2.75) is 31.8 Å². The molecule has 0 radical (unpaired) electrons. The van der Waals surface area contributed by atoms with Gasteiger partial charge in [-0.2, -0.15) is 0 Å². The molecule has 3 aliphatic rings. The predicted octanol–water partition coefficient (Wildman–Crippen LogP) is 0.418. The number of piperazine rings is 1. The van der Waals surface area contributed by atoms with E-state index in [9.17, 15) is 14.4 Å². The van der Waals surface area contributed by atoms with Gasteiger partial charge in [-0.3, -0.25) is 19.7 Å². The summed E-state index contributed by atoms with van der Waals surface area (Å²) >= 11 is 0. The summed E-state index contributed by atoms with van der Waals surface area (Å²) in [4.78, 5) is 40.4. The Morgan fingerprint density at radius 1 is 1.12 bits per heavy atom. The van der Waals surface area contributed by atoms with Crippen molar-refractivity contribution in [3.63, 3.8) is 0 Å². The van der Waals surface area contributed by atoms with Gasteiger partial charge in [-0.1, -0.05) is 0 Å². The number of hydrogen-bond donors (Lipinski definition) is 2. The van der Waals surface area contributed by atoms with E-state index < -0.39 is 6.04 Å². The molecule has 2 atom stereocenters. The molecule has 7 heteroatoms. The second-order valence-corrected chi connectivity index (χ2v) is 6.86. The van der Waals surface area contributed by atoms with E-state index in [2.05, 4.69) is 21.6 Å². The number of carbonyl (C=O) groups is 3. The first-order chi connectivity index (χ1) is 12.1. The number of piperidine rings is 1. The Bertz CT molecular complexity index is 742. The molecule has 2 N–H and O–H groups in total. The Morgan fingerprint density at radius 2 is 1.88 bits per heavy atom. The number of imide groups is 1. The van der Waals surface area contributed by atoms with E-state index in [1.165, 1.54) is 0 Å². The fraction of sp³-hybridized carbons (Fsp3) is 0.500. The zero-order valence-corrected chi connectivity index (χ0v) is 14.2. The van der Waals surface area contributed by atoms with E-state index in [0.717, 1.165) is 37.4 Å². The molecule has 7 nitrogen and oxygen atoms in total. The Hall–Kier alpha value is -2.41. The van der Waals surface area contributed by atoms with Crippen LogP contribution in [-0.4, -0.2) is 54.8 Å². The van der Waals surface area contributed by atoms with E-state index in [-0.39, 0.29) is 30.2 Å². The number of carbonyl (C=O) groups excluding carboxylic acids is 3. The maximum Gasteiger partial charge on any atom is 0.255 e. The van der Waals surface area contributed by atoms with Crippen molar-refractivity contribution in [3.8, 4) is 0 Å². The van der Waals surface area contributed by atoms with Crippen LogP contribution in [0.25, 0.3) is 0 Å². The third kappa shape index (κ3) is 2.68. The Labute approximate surface area is 146 Å². The fourth-order valence-corrected chi connectivity index (χ4v) is 4.03. The predicted molar refractivity (Wildman–Crippen MR) is 92.3 cm³/mol. The monoisotopic (exact) mass is 342 g/mol. The maximum atomic E-state index is 12.9. The molecule has 2 unspecified atom stereocenters. The minimum atomic E-state index is -0.574. The molecule has 0 aliphatic carbocycles. The van der Waals surface area contributed by atoms with Gasteiger partial charge in [0.15, 0.2) is 0 Å². The maximum absolute atomic E-state index is 12.9. The molecular weight excluding hydrogens is 320 g/mol. The van der Waals surface area contributed by atoms with Gasteiger partial charge in [0.05, 0.1) is 6.04 Å². The van der Waals surface area contributed by atoms with E-state index >= 15 is 0 Å². The van der Waals surface area contributed by atoms with Crippen LogP contribution in [0.15, 0.2) is 18.2 Å². The largest absolute Gasteiger partial charge is 0.369 e. The Balaban J connectivity index is 1.62. The SMILES string of the molecule is CC1c2cc(N3CCNCC3)ccc2C(=O)N1C1CCC(=O)NC1=O. The smallest absolute Gasteiger partial charge is 0.255 e. The quantitative estimate of drug-likeness (QED) is 0.761. The number of fused-ring (bicyclic) bond motifs is 1. The van der Waals surface area contributed by atoms with Crippen LogP contribution in [-0.2, 0) is 9.59 Å². The summed E-state index contributed by atoms with van der Waals surface area (Å²) in [6, 6.07) is 5.19. The highest BCUT2D eigenvalue weighted by molar-refractivity contribution is 6.06. The second kappa shape index (κ2) is 6.15. The van der Waals surface area contributed by atoms with Gasteiger partial charge in [0.2, 0.25) is 11.8 Å². The third-order valence-corrected chi connectivity index (χ3v) is 5.40. The molecule has 3 heterocycles. The molecule has 2 saturated heterocycles. The third-order valence-electron chi connectivity index (χ3n) is 5.40. The highest BCUT2D eigenvalue weighted by atomic mass is 16.2. The van der Waals surface area contributed by atoms with Crippen LogP contribution in [0.4, 0.5) is 5.69 Å². The summed E-state index contributed by atoms with van der Waals surface area (Å²) in [6.45, 7) is 5.74. The number of nitrogens with one attached hydrogen (secondary N) is 2. The molecule has 132 valence electrons. The number of anilines is 1. The molecule has 2 fully saturated rings. The number of benzene rings is 1. The van der Waals surface area contributed by atoms with E-state index in [1.54, 1.807) is 4.90 Å². The molecule has 3 aliphatic heterocycles. The van der Waals surface area contributed by atoms with Crippen LogP contribution in [0.5, 0.6) is 0 Å². The average Bonchev–Trinajstić information content (AvgIpc) is 2.87. The average molecular weight is 342 g/mol. The highest BCUT2D eigenvalue weighted by Crippen LogP contribution is 2.38. The zero-order chi connectivity index (χ0) is 17.6. The minimum Gasteiger partial charge on any atom is -0.369 e. The number of hydrogen-bond acceptors (Lipinski definition) is 5. The van der Waals surface area contributed by atoms with Crippen molar-refractivity contribution in [1.82, 2.24) is 15.5 Å². The van der Waals surface area contributed by atoms with Crippen molar-refractivity contribution >= 4 is 23.4 Å². The van der Waals surface area contributed by atoms with Crippen LogP contribution < -0.4 is 15.5 Å². The summed E-state index contributed by atoms with van der Waals surface area (Å²) < 4.78 is 0. The van der Waals surface area contributed by atoms with Gasteiger partial charge in [-0.15, -0.1) is 0 Å². The molecule has 0 bridgehead atoms. The van der Waals surface area contributed by atoms with Crippen LogP contribution >= 0.6 is 0 Å². The van der Waals surface area contributed by atoms with Crippen molar-refractivity contribution in [1.29, 1.82) is 0 Å². The lowest BCUT2D eigenvalue weighted by atomic mass is 10.0. The molecule has 1 aromatic carbocycles. The number of amides is 3. The minimum absolute atomic E-state index is 0.121. The van der Waals surface area contributed by atoms with E-state index in [1.807, 2.05) is 19.1 Å². The normalized spacial score (nSPS) is 26.7.